The Hall–Kier alpha value is -1.27. The predicted octanol–water partition coefficient (Wildman–Crippen LogP) is 4.40. The van der Waals surface area contributed by atoms with Crippen LogP contribution in [0.4, 0.5) is 0 Å². The highest BCUT2D eigenvalue weighted by atomic mass is 32.2. The molecule has 0 radical (unpaired) electrons. The van der Waals surface area contributed by atoms with Crippen molar-refractivity contribution in [3.05, 3.63) is 23.8 Å². The van der Waals surface area contributed by atoms with Crippen LogP contribution in [-0.2, 0) is 16.4 Å². The zero-order valence-electron chi connectivity index (χ0n) is 17.3. The maximum absolute atomic E-state index is 12.7. The lowest BCUT2D eigenvalue weighted by molar-refractivity contribution is 0.132. The van der Waals surface area contributed by atoms with E-state index < -0.39 is 10.0 Å². The average Bonchev–Trinajstić information content (AvgIpc) is 2.93. The molecule has 1 aromatic rings. The molecule has 0 unspecified atom stereocenters. The van der Waals surface area contributed by atoms with Gasteiger partial charge in [0.1, 0.15) is 5.60 Å². The van der Waals surface area contributed by atoms with Crippen LogP contribution >= 0.6 is 0 Å². The summed E-state index contributed by atoms with van der Waals surface area (Å²) >= 11 is 0. The van der Waals surface area contributed by atoms with Crippen LogP contribution in [0.2, 0.25) is 0 Å². The molecule has 0 bridgehead atoms. The van der Waals surface area contributed by atoms with Crippen LogP contribution in [0.3, 0.4) is 0 Å². The van der Waals surface area contributed by atoms with Gasteiger partial charge in [0.15, 0.2) is 11.5 Å². The third-order valence-electron chi connectivity index (χ3n) is 4.77. The van der Waals surface area contributed by atoms with Gasteiger partial charge >= 0.3 is 0 Å². The number of fused-ring (bicyclic) bond motifs is 1. The number of sulfonamides is 1. The molecule has 0 aromatic heterocycles. The van der Waals surface area contributed by atoms with E-state index in [-0.39, 0.29) is 11.4 Å². The number of rotatable bonds is 12. The molecule has 0 saturated heterocycles. The quantitative estimate of drug-likeness (QED) is 0.491. The minimum Gasteiger partial charge on any atom is -0.490 e. The van der Waals surface area contributed by atoms with E-state index >= 15 is 0 Å². The normalized spacial score (nSPS) is 15.6. The van der Waals surface area contributed by atoms with E-state index in [1.54, 1.807) is 4.31 Å². The standard InChI is InChI=1S/C21H35NO4S/c1-5-7-13-22(14-8-6-2)27(23,24)16-10-15-25-19-12-9-11-18-17-21(3,4)26-20(18)19/h9,11-12H,5-8,10,13-17H2,1-4H3. The van der Waals surface area contributed by atoms with Gasteiger partial charge in [-0.25, -0.2) is 12.7 Å². The van der Waals surface area contributed by atoms with Gasteiger partial charge in [0.05, 0.1) is 12.4 Å². The average molecular weight is 398 g/mol. The first kappa shape index (κ1) is 22.0. The zero-order chi connectivity index (χ0) is 19.9. The lowest BCUT2D eigenvalue weighted by atomic mass is 10.0. The molecule has 154 valence electrons. The monoisotopic (exact) mass is 397 g/mol. The Morgan fingerprint density at radius 3 is 2.41 bits per heavy atom. The molecule has 5 nitrogen and oxygen atoms in total. The van der Waals surface area contributed by atoms with Gasteiger partial charge in [-0.15, -0.1) is 0 Å². The number of benzene rings is 1. The Bertz CT molecular complexity index is 692. The van der Waals surface area contributed by atoms with Gasteiger partial charge in [0.25, 0.3) is 0 Å². The molecule has 0 aliphatic carbocycles. The molecule has 0 fully saturated rings. The van der Waals surface area contributed by atoms with Gasteiger partial charge < -0.3 is 9.47 Å². The highest BCUT2D eigenvalue weighted by molar-refractivity contribution is 7.89. The summed E-state index contributed by atoms with van der Waals surface area (Å²) in [5.41, 5.74) is 0.930. The van der Waals surface area contributed by atoms with Crippen LogP contribution in [0.1, 0.15) is 65.4 Å². The van der Waals surface area contributed by atoms with E-state index in [4.69, 9.17) is 9.47 Å². The van der Waals surface area contributed by atoms with Crippen LogP contribution in [0.25, 0.3) is 0 Å². The summed E-state index contributed by atoms with van der Waals surface area (Å²) in [7, 11) is -3.23. The Morgan fingerprint density at radius 2 is 1.78 bits per heavy atom. The van der Waals surface area contributed by atoms with Crippen molar-refractivity contribution in [1.82, 2.24) is 4.31 Å². The summed E-state index contributed by atoms with van der Waals surface area (Å²) in [6.07, 6.45) is 5.14. The number of nitrogens with zero attached hydrogens (tertiary/aromatic N) is 1. The largest absolute Gasteiger partial charge is 0.490 e. The SMILES string of the molecule is CCCCN(CCCC)S(=O)(=O)CCCOc1cccc2c1OC(C)(C)C2. The van der Waals surface area contributed by atoms with Gasteiger partial charge in [0, 0.05) is 25.1 Å². The van der Waals surface area contributed by atoms with Gasteiger partial charge in [0.2, 0.25) is 10.0 Å². The maximum Gasteiger partial charge on any atom is 0.214 e. The number of hydrogen-bond acceptors (Lipinski definition) is 4. The van der Waals surface area contributed by atoms with Crippen molar-refractivity contribution in [2.75, 3.05) is 25.4 Å². The van der Waals surface area contributed by atoms with Gasteiger partial charge in [-0.1, -0.05) is 38.8 Å². The number of para-hydroxylation sites is 1. The molecular formula is C21H35NO4S. The van der Waals surface area contributed by atoms with Gasteiger partial charge in [-0.05, 0) is 39.2 Å². The first-order chi connectivity index (χ1) is 12.8. The molecule has 0 spiro atoms. The molecule has 0 amide bonds. The Kier molecular flexibility index (Phi) is 7.98. The Morgan fingerprint density at radius 1 is 1.11 bits per heavy atom. The van der Waals surface area contributed by atoms with Crippen LogP contribution in [0.5, 0.6) is 11.5 Å². The number of ether oxygens (including phenoxy) is 2. The van der Waals surface area contributed by atoms with Crippen LogP contribution in [0.15, 0.2) is 18.2 Å². The van der Waals surface area contributed by atoms with E-state index in [1.165, 1.54) is 0 Å². The minimum absolute atomic E-state index is 0.127. The van der Waals surface area contributed by atoms with E-state index in [9.17, 15) is 8.42 Å². The Labute approximate surface area is 165 Å². The summed E-state index contributed by atoms with van der Waals surface area (Å²) in [6.45, 7) is 9.90. The molecule has 1 aromatic carbocycles. The second-order valence-electron chi connectivity index (χ2n) is 7.91. The third kappa shape index (κ3) is 6.39. The van der Waals surface area contributed by atoms with E-state index in [0.29, 0.717) is 31.9 Å². The fourth-order valence-electron chi connectivity index (χ4n) is 3.31. The van der Waals surface area contributed by atoms with Crippen molar-refractivity contribution in [2.45, 2.75) is 71.8 Å². The summed E-state index contributed by atoms with van der Waals surface area (Å²) < 4.78 is 38.9. The molecule has 6 heteroatoms. The number of hydrogen-bond donors (Lipinski definition) is 0. The zero-order valence-corrected chi connectivity index (χ0v) is 18.1. The predicted molar refractivity (Wildman–Crippen MR) is 110 cm³/mol. The highest BCUT2D eigenvalue weighted by Crippen LogP contribution is 2.41. The molecule has 1 aliphatic heterocycles. The van der Waals surface area contributed by atoms with Crippen LogP contribution < -0.4 is 9.47 Å². The molecule has 1 aliphatic rings. The first-order valence-corrected chi connectivity index (χ1v) is 11.8. The molecule has 2 rings (SSSR count). The lowest BCUT2D eigenvalue weighted by Crippen LogP contribution is -2.35. The fourth-order valence-corrected chi connectivity index (χ4v) is 4.87. The second kappa shape index (κ2) is 9.78. The van der Waals surface area contributed by atoms with Crippen molar-refractivity contribution in [1.29, 1.82) is 0 Å². The van der Waals surface area contributed by atoms with Crippen molar-refractivity contribution in [2.24, 2.45) is 0 Å². The van der Waals surface area contributed by atoms with Crippen LogP contribution in [0, 0.1) is 0 Å². The fraction of sp³-hybridized carbons (Fsp3) is 0.714. The van der Waals surface area contributed by atoms with Crippen molar-refractivity contribution >= 4 is 10.0 Å². The highest BCUT2D eigenvalue weighted by Gasteiger charge is 2.32. The first-order valence-electron chi connectivity index (χ1n) is 10.2. The Balaban J connectivity index is 1.88. The van der Waals surface area contributed by atoms with Crippen molar-refractivity contribution < 1.29 is 17.9 Å². The van der Waals surface area contributed by atoms with E-state index in [0.717, 1.165) is 43.4 Å². The topological polar surface area (TPSA) is 55.8 Å². The molecule has 27 heavy (non-hydrogen) atoms. The summed E-state index contributed by atoms with van der Waals surface area (Å²) in [6, 6.07) is 5.91. The van der Waals surface area contributed by atoms with Crippen molar-refractivity contribution in [3.63, 3.8) is 0 Å². The van der Waals surface area contributed by atoms with Crippen LogP contribution in [-0.4, -0.2) is 43.8 Å². The van der Waals surface area contributed by atoms with Crippen molar-refractivity contribution in [3.8, 4) is 11.5 Å². The minimum atomic E-state index is -3.23. The number of unbranched alkanes of at least 4 members (excludes halogenated alkanes) is 2. The summed E-state index contributed by atoms with van der Waals surface area (Å²) in [5, 5.41) is 0. The second-order valence-corrected chi connectivity index (χ2v) is 10.00. The third-order valence-corrected chi connectivity index (χ3v) is 6.73. The van der Waals surface area contributed by atoms with Gasteiger partial charge in [-0.2, -0.15) is 0 Å². The molecule has 1 heterocycles. The van der Waals surface area contributed by atoms with Gasteiger partial charge in [-0.3, -0.25) is 0 Å². The summed E-state index contributed by atoms with van der Waals surface area (Å²) in [5.74, 6) is 1.64. The maximum atomic E-state index is 12.7. The lowest BCUT2D eigenvalue weighted by Gasteiger charge is -2.22. The molecule has 0 atom stereocenters. The molecule has 0 saturated carbocycles. The smallest absolute Gasteiger partial charge is 0.214 e. The molecule has 0 N–H and O–H groups in total. The summed E-state index contributed by atoms with van der Waals surface area (Å²) in [4.78, 5) is 0. The molecular weight excluding hydrogens is 362 g/mol. The van der Waals surface area contributed by atoms with E-state index in [2.05, 4.69) is 33.8 Å². The van der Waals surface area contributed by atoms with E-state index in [1.807, 2.05) is 12.1 Å².